The molecule has 0 amide bonds. The van der Waals surface area contributed by atoms with Crippen molar-refractivity contribution < 1.29 is 0 Å². The van der Waals surface area contributed by atoms with Crippen LogP contribution in [0.1, 0.15) is 31.2 Å². The highest BCUT2D eigenvalue weighted by molar-refractivity contribution is 9.10. The van der Waals surface area contributed by atoms with Gasteiger partial charge in [-0.25, -0.2) is 0 Å². The van der Waals surface area contributed by atoms with Gasteiger partial charge in [0.25, 0.3) is 0 Å². The molecule has 1 aliphatic rings. The Bertz CT molecular complexity index is 359. The maximum Gasteiger partial charge on any atom is 0.0206 e. The van der Waals surface area contributed by atoms with Crippen molar-refractivity contribution in [3.63, 3.8) is 0 Å². The lowest BCUT2D eigenvalue weighted by atomic mass is 9.86. The van der Waals surface area contributed by atoms with Crippen LogP contribution < -0.4 is 10.6 Å². The molecule has 0 bridgehead atoms. The van der Waals surface area contributed by atoms with E-state index in [0.717, 1.165) is 29.5 Å². The maximum atomic E-state index is 3.59. The van der Waals surface area contributed by atoms with Crippen LogP contribution in [0, 0.1) is 5.92 Å². The fourth-order valence-corrected chi connectivity index (χ4v) is 3.17. The molecule has 1 fully saturated rings. The summed E-state index contributed by atoms with van der Waals surface area (Å²) in [4.78, 5) is 0. The van der Waals surface area contributed by atoms with Gasteiger partial charge in [0, 0.05) is 17.1 Å². The third-order valence-corrected chi connectivity index (χ3v) is 4.40. The number of hydrogen-bond acceptors (Lipinski definition) is 2. The quantitative estimate of drug-likeness (QED) is 0.872. The van der Waals surface area contributed by atoms with Crippen LogP contribution in [0.2, 0.25) is 0 Å². The SMILES string of the molecule is CNC1CCC(CNCc2cccc(Br)c2)CC1. The first-order valence-electron chi connectivity index (χ1n) is 6.90. The third kappa shape index (κ3) is 4.38. The van der Waals surface area contributed by atoms with Crippen molar-refractivity contribution in [2.24, 2.45) is 5.92 Å². The second-order valence-corrected chi connectivity index (χ2v) is 6.18. The van der Waals surface area contributed by atoms with Crippen molar-refractivity contribution in [2.75, 3.05) is 13.6 Å². The summed E-state index contributed by atoms with van der Waals surface area (Å²) in [7, 11) is 2.08. The van der Waals surface area contributed by atoms with Crippen molar-refractivity contribution in [3.8, 4) is 0 Å². The van der Waals surface area contributed by atoms with Crippen LogP contribution in [0.25, 0.3) is 0 Å². The van der Waals surface area contributed by atoms with Gasteiger partial charge in [-0.3, -0.25) is 0 Å². The summed E-state index contributed by atoms with van der Waals surface area (Å²) in [5.74, 6) is 0.863. The number of rotatable bonds is 5. The summed E-state index contributed by atoms with van der Waals surface area (Å²) in [5.41, 5.74) is 1.35. The van der Waals surface area contributed by atoms with Gasteiger partial charge in [0.1, 0.15) is 0 Å². The van der Waals surface area contributed by atoms with Crippen LogP contribution in [0.5, 0.6) is 0 Å². The summed E-state index contributed by atoms with van der Waals surface area (Å²) in [6, 6.07) is 9.29. The number of halogens is 1. The average molecular weight is 311 g/mol. The molecule has 2 nitrogen and oxygen atoms in total. The van der Waals surface area contributed by atoms with Gasteiger partial charge in [-0.05, 0) is 62.9 Å². The lowest BCUT2D eigenvalue weighted by molar-refractivity contribution is 0.292. The van der Waals surface area contributed by atoms with Crippen LogP contribution in [-0.2, 0) is 6.54 Å². The minimum atomic E-state index is 0.756. The van der Waals surface area contributed by atoms with E-state index in [1.807, 2.05) is 0 Å². The van der Waals surface area contributed by atoms with Crippen molar-refractivity contribution in [3.05, 3.63) is 34.3 Å². The summed E-state index contributed by atoms with van der Waals surface area (Å²) < 4.78 is 1.16. The van der Waals surface area contributed by atoms with Crippen LogP contribution in [0.3, 0.4) is 0 Å². The molecular formula is C15H23BrN2. The van der Waals surface area contributed by atoms with E-state index in [4.69, 9.17) is 0 Å². The molecule has 0 aromatic heterocycles. The monoisotopic (exact) mass is 310 g/mol. The second kappa shape index (κ2) is 7.27. The van der Waals surface area contributed by atoms with Gasteiger partial charge in [-0.1, -0.05) is 28.1 Å². The van der Waals surface area contributed by atoms with Gasteiger partial charge in [0.15, 0.2) is 0 Å². The molecule has 1 saturated carbocycles. The molecule has 1 aromatic rings. The Kier molecular flexibility index (Phi) is 5.67. The molecule has 2 rings (SSSR count). The van der Waals surface area contributed by atoms with Crippen LogP contribution in [0.15, 0.2) is 28.7 Å². The van der Waals surface area contributed by atoms with E-state index in [9.17, 15) is 0 Å². The Morgan fingerprint density at radius 1 is 1.22 bits per heavy atom. The Hall–Kier alpha value is -0.380. The van der Waals surface area contributed by atoms with Gasteiger partial charge in [0.2, 0.25) is 0 Å². The Morgan fingerprint density at radius 3 is 2.67 bits per heavy atom. The normalized spacial score (nSPS) is 24.1. The molecule has 0 unspecified atom stereocenters. The highest BCUT2D eigenvalue weighted by Gasteiger charge is 2.19. The molecule has 0 atom stereocenters. The van der Waals surface area contributed by atoms with Gasteiger partial charge in [-0.15, -0.1) is 0 Å². The zero-order valence-corrected chi connectivity index (χ0v) is 12.7. The number of benzene rings is 1. The summed E-state index contributed by atoms with van der Waals surface area (Å²) in [6.45, 7) is 2.13. The molecule has 3 heteroatoms. The molecule has 1 aliphatic carbocycles. The van der Waals surface area contributed by atoms with E-state index >= 15 is 0 Å². The third-order valence-electron chi connectivity index (χ3n) is 3.91. The van der Waals surface area contributed by atoms with Crippen molar-refractivity contribution >= 4 is 15.9 Å². The summed E-state index contributed by atoms with van der Waals surface area (Å²) in [5, 5.41) is 6.98. The predicted octanol–water partition coefficient (Wildman–Crippen LogP) is 3.32. The van der Waals surface area contributed by atoms with Gasteiger partial charge >= 0.3 is 0 Å². The van der Waals surface area contributed by atoms with E-state index in [0.29, 0.717) is 0 Å². The highest BCUT2D eigenvalue weighted by atomic mass is 79.9. The molecule has 0 radical (unpaired) electrons. The largest absolute Gasteiger partial charge is 0.317 e. The van der Waals surface area contributed by atoms with E-state index in [1.165, 1.54) is 31.2 Å². The van der Waals surface area contributed by atoms with E-state index in [1.54, 1.807) is 0 Å². The fraction of sp³-hybridized carbons (Fsp3) is 0.600. The first-order valence-corrected chi connectivity index (χ1v) is 7.69. The molecular weight excluding hydrogens is 288 g/mol. The van der Waals surface area contributed by atoms with Crippen LogP contribution in [0.4, 0.5) is 0 Å². The van der Waals surface area contributed by atoms with Crippen molar-refractivity contribution in [1.29, 1.82) is 0 Å². The molecule has 1 aromatic carbocycles. The molecule has 0 aliphatic heterocycles. The minimum absolute atomic E-state index is 0.756. The Labute approximate surface area is 119 Å². The lowest BCUT2D eigenvalue weighted by Crippen LogP contribution is -2.33. The maximum absolute atomic E-state index is 3.59. The topological polar surface area (TPSA) is 24.1 Å². The molecule has 18 heavy (non-hydrogen) atoms. The van der Waals surface area contributed by atoms with Crippen molar-refractivity contribution in [2.45, 2.75) is 38.3 Å². The van der Waals surface area contributed by atoms with Gasteiger partial charge in [-0.2, -0.15) is 0 Å². The zero-order valence-electron chi connectivity index (χ0n) is 11.1. The standard InChI is InChI=1S/C15H23BrN2/c1-17-15-7-5-12(6-8-15)10-18-11-13-3-2-4-14(16)9-13/h2-4,9,12,15,17-18H,5-8,10-11H2,1H3. The lowest BCUT2D eigenvalue weighted by Gasteiger charge is -2.28. The highest BCUT2D eigenvalue weighted by Crippen LogP contribution is 2.23. The summed E-state index contributed by atoms with van der Waals surface area (Å²) >= 11 is 3.51. The molecule has 2 N–H and O–H groups in total. The first kappa shape index (κ1) is 14.0. The van der Waals surface area contributed by atoms with Gasteiger partial charge in [0.05, 0.1) is 0 Å². The minimum Gasteiger partial charge on any atom is -0.317 e. The zero-order chi connectivity index (χ0) is 12.8. The van der Waals surface area contributed by atoms with E-state index in [2.05, 4.69) is 57.9 Å². The Morgan fingerprint density at radius 2 is 2.00 bits per heavy atom. The molecule has 0 spiro atoms. The predicted molar refractivity (Wildman–Crippen MR) is 80.7 cm³/mol. The smallest absolute Gasteiger partial charge is 0.0206 e. The second-order valence-electron chi connectivity index (χ2n) is 5.27. The van der Waals surface area contributed by atoms with Gasteiger partial charge < -0.3 is 10.6 Å². The molecule has 100 valence electrons. The average Bonchev–Trinajstić information content (AvgIpc) is 2.40. The van der Waals surface area contributed by atoms with E-state index in [-0.39, 0.29) is 0 Å². The number of nitrogens with one attached hydrogen (secondary N) is 2. The summed E-state index contributed by atoms with van der Waals surface area (Å²) in [6.07, 6.45) is 5.38. The first-order chi connectivity index (χ1) is 8.78. The molecule has 0 saturated heterocycles. The van der Waals surface area contributed by atoms with Crippen molar-refractivity contribution in [1.82, 2.24) is 10.6 Å². The van der Waals surface area contributed by atoms with Crippen LogP contribution in [-0.4, -0.2) is 19.6 Å². The fourth-order valence-electron chi connectivity index (χ4n) is 2.72. The number of hydrogen-bond donors (Lipinski definition) is 2. The van der Waals surface area contributed by atoms with Crippen LogP contribution >= 0.6 is 15.9 Å². The van der Waals surface area contributed by atoms with E-state index < -0.39 is 0 Å². The molecule has 0 heterocycles. The Balaban J connectivity index is 1.67.